The highest BCUT2D eigenvalue weighted by Gasteiger charge is 2.08. The van der Waals surface area contributed by atoms with Gasteiger partial charge in [-0.3, -0.25) is 0 Å². The van der Waals surface area contributed by atoms with Crippen molar-refractivity contribution >= 4 is 5.78 Å². The maximum Gasteiger partial charge on any atom is 0.232 e. The molecule has 2 rings (SSSR count). The van der Waals surface area contributed by atoms with E-state index in [0.717, 1.165) is 30.3 Å². The molecule has 0 aliphatic rings. The van der Waals surface area contributed by atoms with Crippen molar-refractivity contribution in [2.45, 2.75) is 19.9 Å². The molecule has 0 radical (unpaired) electrons. The van der Waals surface area contributed by atoms with E-state index in [1.807, 2.05) is 29.4 Å². The molecule has 0 unspecified atom stereocenters. The van der Waals surface area contributed by atoms with Gasteiger partial charge in [-0.05, 0) is 7.05 Å². The molecule has 0 spiro atoms. The van der Waals surface area contributed by atoms with Gasteiger partial charge in [0.15, 0.2) is 0 Å². The van der Waals surface area contributed by atoms with Crippen LogP contribution in [-0.2, 0) is 20.0 Å². The maximum atomic E-state index is 4.47. The fourth-order valence-corrected chi connectivity index (χ4v) is 1.59. The molecule has 5 heteroatoms. The van der Waals surface area contributed by atoms with E-state index in [-0.39, 0.29) is 0 Å². The van der Waals surface area contributed by atoms with Crippen LogP contribution < -0.4 is 5.32 Å². The summed E-state index contributed by atoms with van der Waals surface area (Å²) in [5.41, 5.74) is 1.02. The van der Waals surface area contributed by atoms with Crippen LogP contribution in [-0.4, -0.2) is 26.2 Å². The number of nitrogens with one attached hydrogen (secondary N) is 1. The first-order chi connectivity index (χ1) is 6.76. The van der Waals surface area contributed by atoms with Crippen LogP contribution in [0.2, 0.25) is 0 Å². The van der Waals surface area contributed by atoms with E-state index in [1.54, 1.807) is 0 Å². The van der Waals surface area contributed by atoms with Gasteiger partial charge in [-0.1, -0.05) is 6.92 Å². The number of nitrogens with zero attached hydrogens (tertiary/aromatic N) is 4. The van der Waals surface area contributed by atoms with Crippen LogP contribution >= 0.6 is 0 Å². The van der Waals surface area contributed by atoms with Gasteiger partial charge in [0.05, 0.1) is 11.9 Å². The normalized spacial score (nSPS) is 11.4. The molecule has 0 saturated heterocycles. The van der Waals surface area contributed by atoms with Gasteiger partial charge in [0.25, 0.3) is 0 Å². The summed E-state index contributed by atoms with van der Waals surface area (Å²) in [6.07, 6.45) is 2.90. The Bertz CT molecular complexity index is 439. The Morgan fingerprint density at radius 1 is 1.50 bits per heavy atom. The van der Waals surface area contributed by atoms with Gasteiger partial charge in [0.2, 0.25) is 5.78 Å². The Balaban J connectivity index is 2.48. The van der Waals surface area contributed by atoms with E-state index >= 15 is 0 Å². The minimum atomic E-state index is 0.783. The van der Waals surface area contributed by atoms with Gasteiger partial charge >= 0.3 is 0 Å². The number of aryl methyl sites for hydroxylation is 2. The molecule has 2 heterocycles. The molecule has 14 heavy (non-hydrogen) atoms. The summed E-state index contributed by atoms with van der Waals surface area (Å²) in [6, 6.07) is 0. The van der Waals surface area contributed by atoms with Gasteiger partial charge in [-0.15, -0.1) is 0 Å². The molecular weight excluding hydrogens is 178 g/mol. The first kappa shape index (κ1) is 9.21. The van der Waals surface area contributed by atoms with Gasteiger partial charge in [-0.2, -0.15) is 5.10 Å². The third-order valence-electron chi connectivity index (χ3n) is 2.30. The second kappa shape index (κ2) is 3.42. The lowest BCUT2D eigenvalue weighted by Gasteiger charge is -1.95. The maximum absolute atomic E-state index is 4.47. The predicted molar refractivity (Wildman–Crippen MR) is 54.1 cm³/mol. The molecule has 0 amide bonds. The highest BCUT2D eigenvalue weighted by atomic mass is 15.4. The Morgan fingerprint density at radius 2 is 2.29 bits per heavy atom. The molecule has 0 atom stereocenters. The van der Waals surface area contributed by atoms with Crippen molar-refractivity contribution in [1.29, 1.82) is 0 Å². The van der Waals surface area contributed by atoms with Crippen molar-refractivity contribution < 1.29 is 0 Å². The number of imidazole rings is 1. The molecule has 0 bridgehead atoms. The monoisotopic (exact) mass is 193 g/mol. The van der Waals surface area contributed by atoms with E-state index in [1.165, 1.54) is 0 Å². The minimum absolute atomic E-state index is 0.783. The van der Waals surface area contributed by atoms with Crippen molar-refractivity contribution in [2.75, 3.05) is 7.05 Å². The lowest BCUT2D eigenvalue weighted by molar-refractivity contribution is 0.775. The van der Waals surface area contributed by atoms with Gasteiger partial charge in [-0.25, -0.2) is 9.50 Å². The highest BCUT2D eigenvalue weighted by molar-refractivity contribution is 5.31. The lowest BCUT2D eigenvalue weighted by atomic mass is 10.4. The first-order valence-corrected chi connectivity index (χ1v) is 4.80. The third kappa shape index (κ3) is 1.29. The summed E-state index contributed by atoms with van der Waals surface area (Å²) < 4.78 is 3.87. The Kier molecular flexibility index (Phi) is 2.25. The molecule has 0 aliphatic carbocycles. The zero-order valence-electron chi connectivity index (χ0n) is 8.78. The SMILES string of the molecule is CCc1nn2cc(CNC)nc2n1C. The number of hydrogen-bond acceptors (Lipinski definition) is 3. The van der Waals surface area contributed by atoms with Crippen molar-refractivity contribution in [3.63, 3.8) is 0 Å². The largest absolute Gasteiger partial charge is 0.314 e. The molecule has 0 fully saturated rings. The number of fused-ring (bicyclic) bond motifs is 1. The third-order valence-corrected chi connectivity index (χ3v) is 2.30. The average Bonchev–Trinajstić information content (AvgIpc) is 2.67. The topological polar surface area (TPSA) is 47.1 Å². The Morgan fingerprint density at radius 3 is 2.86 bits per heavy atom. The second-order valence-electron chi connectivity index (χ2n) is 3.34. The molecule has 2 aromatic heterocycles. The molecule has 0 aliphatic heterocycles. The van der Waals surface area contributed by atoms with Crippen LogP contribution in [0.3, 0.4) is 0 Å². The molecule has 2 aromatic rings. The second-order valence-corrected chi connectivity index (χ2v) is 3.34. The van der Waals surface area contributed by atoms with Gasteiger partial charge < -0.3 is 9.88 Å². The number of aromatic nitrogens is 4. The molecule has 1 N–H and O–H groups in total. The van der Waals surface area contributed by atoms with Crippen LogP contribution in [0.4, 0.5) is 0 Å². The summed E-state index contributed by atoms with van der Waals surface area (Å²) in [4.78, 5) is 4.47. The molecule has 5 nitrogen and oxygen atoms in total. The van der Waals surface area contributed by atoms with Crippen LogP contribution in [0.25, 0.3) is 5.78 Å². The van der Waals surface area contributed by atoms with Crippen molar-refractivity contribution in [1.82, 2.24) is 24.5 Å². The predicted octanol–water partition coefficient (Wildman–Crippen LogP) is 0.350. The van der Waals surface area contributed by atoms with Gasteiger partial charge in [0, 0.05) is 20.0 Å². The smallest absolute Gasteiger partial charge is 0.232 e. The number of hydrogen-bond donors (Lipinski definition) is 1. The van der Waals surface area contributed by atoms with Crippen LogP contribution in [0.5, 0.6) is 0 Å². The lowest BCUT2D eigenvalue weighted by Crippen LogP contribution is -2.05. The number of rotatable bonds is 3. The summed E-state index contributed by atoms with van der Waals surface area (Å²) >= 11 is 0. The Labute approximate surface area is 82.8 Å². The molecular formula is C9H15N5. The van der Waals surface area contributed by atoms with Crippen molar-refractivity contribution in [3.05, 3.63) is 17.7 Å². The van der Waals surface area contributed by atoms with E-state index < -0.39 is 0 Å². The molecule has 76 valence electrons. The van der Waals surface area contributed by atoms with Crippen LogP contribution in [0.15, 0.2) is 6.20 Å². The summed E-state index contributed by atoms with van der Waals surface area (Å²) in [5, 5.41) is 7.49. The first-order valence-electron chi connectivity index (χ1n) is 4.80. The van der Waals surface area contributed by atoms with E-state index in [0.29, 0.717) is 0 Å². The summed E-state index contributed by atoms with van der Waals surface area (Å²) in [6.45, 7) is 2.88. The minimum Gasteiger partial charge on any atom is -0.314 e. The Hall–Kier alpha value is -1.36. The average molecular weight is 193 g/mol. The van der Waals surface area contributed by atoms with Crippen molar-refractivity contribution in [3.8, 4) is 0 Å². The summed E-state index contributed by atoms with van der Waals surface area (Å²) in [7, 11) is 3.91. The summed E-state index contributed by atoms with van der Waals surface area (Å²) in [5.74, 6) is 1.97. The zero-order chi connectivity index (χ0) is 10.1. The molecule has 0 saturated carbocycles. The fourth-order valence-electron chi connectivity index (χ4n) is 1.59. The fraction of sp³-hybridized carbons (Fsp3) is 0.556. The van der Waals surface area contributed by atoms with E-state index in [9.17, 15) is 0 Å². The standard InChI is InChI=1S/C9H15N5/c1-4-8-12-14-6-7(5-10-2)11-9(14)13(8)3/h6,10H,4-5H2,1-3H3. The molecule has 0 aromatic carbocycles. The van der Waals surface area contributed by atoms with Crippen LogP contribution in [0.1, 0.15) is 18.4 Å². The quantitative estimate of drug-likeness (QED) is 0.765. The van der Waals surface area contributed by atoms with Crippen LogP contribution in [0, 0.1) is 0 Å². The highest BCUT2D eigenvalue weighted by Crippen LogP contribution is 2.06. The van der Waals surface area contributed by atoms with E-state index in [2.05, 4.69) is 22.3 Å². The zero-order valence-corrected chi connectivity index (χ0v) is 8.78. The van der Waals surface area contributed by atoms with Gasteiger partial charge in [0.1, 0.15) is 5.82 Å². The van der Waals surface area contributed by atoms with Crippen molar-refractivity contribution in [2.24, 2.45) is 7.05 Å². The van der Waals surface area contributed by atoms with E-state index in [4.69, 9.17) is 0 Å².